The van der Waals surface area contributed by atoms with E-state index in [1.807, 2.05) is 29.2 Å². The van der Waals surface area contributed by atoms with Gasteiger partial charge in [-0.3, -0.25) is 4.79 Å². The summed E-state index contributed by atoms with van der Waals surface area (Å²) in [6.45, 7) is 4.51. The molecule has 0 N–H and O–H groups in total. The maximum Gasteiger partial charge on any atom is 0.277 e. The monoisotopic (exact) mass is 472 g/mol. The van der Waals surface area contributed by atoms with Gasteiger partial charge in [-0.05, 0) is 43.3 Å². The van der Waals surface area contributed by atoms with Crippen molar-refractivity contribution in [3.8, 4) is 11.5 Å². The zero-order valence-electron chi connectivity index (χ0n) is 18.4. The molecule has 1 aliphatic rings. The highest BCUT2D eigenvalue weighted by Gasteiger charge is 2.23. The van der Waals surface area contributed by atoms with Gasteiger partial charge in [0.1, 0.15) is 5.75 Å². The van der Waals surface area contributed by atoms with Crippen molar-refractivity contribution in [2.75, 3.05) is 43.9 Å². The van der Waals surface area contributed by atoms with Crippen LogP contribution in [0.3, 0.4) is 0 Å². The molecule has 1 aliphatic heterocycles. The number of amides is 1. The predicted molar refractivity (Wildman–Crippen MR) is 122 cm³/mol. The molecule has 0 spiro atoms. The first-order chi connectivity index (χ1) is 16.0. The number of ether oxygens (including phenoxy) is 2. The Hall–Kier alpha value is -3.27. The SMILES string of the molecule is COc1ccc(N2CCN(C(=O)CSc3nnc(C(C)Oc4ccccc4F)o3)CC2)cc1. The topological polar surface area (TPSA) is 80.9 Å². The smallest absolute Gasteiger partial charge is 0.277 e. The van der Waals surface area contributed by atoms with Crippen molar-refractivity contribution < 1.29 is 23.1 Å². The lowest BCUT2D eigenvalue weighted by atomic mass is 10.2. The van der Waals surface area contributed by atoms with Gasteiger partial charge in [-0.1, -0.05) is 23.9 Å². The van der Waals surface area contributed by atoms with Gasteiger partial charge in [-0.2, -0.15) is 0 Å². The zero-order chi connectivity index (χ0) is 23.2. The summed E-state index contributed by atoms with van der Waals surface area (Å²) in [5.41, 5.74) is 1.11. The van der Waals surface area contributed by atoms with Crippen LogP contribution in [0.4, 0.5) is 10.1 Å². The minimum atomic E-state index is -0.620. The zero-order valence-corrected chi connectivity index (χ0v) is 19.3. The Balaban J connectivity index is 1.24. The number of methoxy groups -OCH3 is 1. The highest BCUT2D eigenvalue weighted by Crippen LogP contribution is 2.26. The second-order valence-corrected chi connectivity index (χ2v) is 8.38. The van der Waals surface area contributed by atoms with E-state index in [0.717, 1.165) is 24.5 Å². The van der Waals surface area contributed by atoms with E-state index >= 15 is 0 Å². The standard InChI is InChI=1S/C23H25FN4O4S/c1-16(31-20-6-4-3-5-19(20)24)22-25-26-23(32-22)33-15-21(29)28-13-11-27(12-14-28)17-7-9-18(30-2)10-8-17/h3-10,16H,11-15H2,1-2H3. The molecule has 0 aliphatic carbocycles. The number of halogens is 1. The van der Waals surface area contributed by atoms with E-state index in [0.29, 0.717) is 13.1 Å². The average molecular weight is 473 g/mol. The van der Waals surface area contributed by atoms with Gasteiger partial charge >= 0.3 is 0 Å². The molecule has 4 rings (SSSR count). The first kappa shape index (κ1) is 22.9. The van der Waals surface area contributed by atoms with Crippen LogP contribution in [0.15, 0.2) is 58.2 Å². The second kappa shape index (κ2) is 10.6. The molecule has 0 bridgehead atoms. The van der Waals surface area contributed by atoms with Crippen LogP contribution in [-0.4, -0.2) is 60.0 Å². The molecule has 3 aromatic rings. The van der Waals surface area contributed by atoms with Crippen molar-refractivity contribution in [2.24, 2.45) is 0 Å². The number of hydrogen-bond donors (Lipinski definition) is 0. The number of hydrogen-bond acceptors (Lipinski definition) is 8. The van der Waals surface area contributed by atoms with Crippen molar-refractivity contribution >= 4 is 23.4 Å². The summed E-state index contributed by atoms with van der Waals surface area (Å²) >= 11 is 1.18. The molecule has 1 saturated heterocycles. The number of para-hydroxylation sites is 1. The first-order valence-corrected chi connectivity index (χ1v) is 11.6. The van der Waals surface area contributed by atoms with Crippen LogP contribution in [0.5, 0.6) is 11.5 Å². The van der Waals surface area contributed by atoms with Crippen LogP contribution in [0.25, 0.3) is 0 Å². The van der Waals surface area contributed by atoms with Crippen molar-refractivity contribution in [1.82, 2.24) is 15.1 Å². The summed E-state index contributed by atoms with van der Waals surface area (Å²) in [5, 5.41) is 8.21. The molecule has 10 heteroatoms. The summed E-state index contributed by atoms with van der Waals surface area (Å²) in [5.74, 6) is 0.915. The number of carbonyl (C=O) groups is 1. The van der Waals surface area contributed by atoms with Gasteiger partial charge in [0.15, 0.2) is 17.7 Å². The van der Waals surface area contributed by atoms with Gasteiger partial charge in [0.25, 0.3) is 11.1 Å². The van der Waals surface area contributed by atoms with Gasteiger partial charge < -0.3 is 23.7 Å². The fourth-order valence-corrected chi connectivity index (χ4v) is 4.12. The van der Waals surface area contributed by atoms with E-state index in [1.165, 1.54) is 23.9 Å². The minimum absolute atomic E-state index is 0.0183. The second-order valence-electron chi connectivity index (χ2n) is 7.45. The molecule has 8 nitrogen and oxygen atoms in total. The molecule has 2 aromatic carbocycles. The summed E-state index contributed by atoms with van der Waals surface area (Å²) < 4.78 is 30.1. The largest absolute Gasteiger partial charge is 0.497 e. The van der Waals surface area contributed by atoms with E-state index in [-0.39, 0.29) is 28.5 Å². The van der Waals surface area contributed by atoms with Crippen molar-refractivity contribution in [3.05, 3.63) is 60.2 Å². The highest BCUT2D eigenvalue weighted by molar-refractivity contribution is 7.99. The highest BCUT2D eigenvalue weighted by atomic mass is 32.2. The lowest BCUT2D eigenvalue weighted by Crippen LogP contribution is -2.49. The molecule has 33 heavy (non-hydrogen) atoms. The van der Waals surface area contributed by atoms with Gasteiger partial charge in [-0.25, -0.2) is 4.39 Å². The van der Waals surface area contributed by atoms with Crippen LogP contribution in [-0.2, 0) is 4.79 Å². The van der Waals surface area contributed by atoms with Crippen molar-refractivity contribution in [3.63, 3.8) is 0 Å². The Morgan fingerprint density at radius 1 is 1.12 bits per heavy atom. The number of piperazine rings is 1. The van der Waals surface area contributed by atoms with E-state index in [2.05, 4.69) is 15.1 Å². The third kappa shape index (κ3) is 5.75. The molecular weight excluding hydrogens is 447 g/mol. The van der Waals surface area contributed by atoms with Crippen molar-refractivity contribution in [2.45, 2.75) is 18.3 Å². The lowest BCUT2D eigenvalue weighted by molar-refractivity contribution is -0.128. The lowest BCUT2D eigenvalue weighted by Gasteiger charge is -2.36. The Morgan fingerprint density at radius 2 is 1.85 bits per heavy atom. The predicted octanol–water partition coefficient (Wildman–Crippen LogP) is 3.80. The van der Waals surface area contributed by atoms with Crippen LogP contribution >= 0.6 is 11.8 Å². The summed E-state index contributed by atoms with van der Waals surface area (Å²) in [6, 6.07) is 14.0. The number of nitrogens with zero attached hydrogens (tertiary/aromatic N) is 4. The summed E-state index contributed by atoms with van der Waals surface area (Å²) in [7, 11) is 1.65. The van der Waals surface area contributed by atoms with E-state index in [4.69, 9.17) is 13.9 Å². The maximum atomic E-state index is 13.8. The summed E-state index contributed by atoms with van der Waals surface area (Å²) in [6.07, 6.45) is -0.620. The molecule has 1 fully saturated rings. The fraction of sp³-hybridized carbons (Fsp3) is 0.348. The fourth-order valence-electron chi connectivity index (χ4n) is 3.45. The van der Waals surface area contributed by atoms with Gasteiger partial charge in [-0.15, -0.1) is 10.2 Å². The normalized spacial score (nSPS) is 14.8. The quantitative estimate of drug-likeness (QED) is 0.458. The Kier molecular flexibility index (Phi) is 7.33. The molecule has 0 saturated carbocycles. The van der Waals surface area contributed by atoms with Crippen LogP contribution in [0.1, 0.15) is 18.9 Å². The molecule has 1 aromatic heterocycles. The Morgan fingerprint density at radius 3 is 2.55 bits per heavy atom. The van der Waals surface area contributed by atoms with Crippen LogP contribution in [0, 0.1) is 5.82 Å². The van der Waals surface area contributed by atoms with E-state index in [1.54, 1.807) is 26.2 Å². The molecule has 1 amide bonds. The van der Waals surface area contributed by atoms with E-state index < -0.39 is 11.9 Å². The number of anilines is 1. The Bertz CT molecular complexity index is 1070. The van der Waals surface area contributed by atoms with Crippen molar-refractivity contribution in [1.29, 1.82) is 0 Å². The number of aromatic nitrogens is 2. The molecular formula is C23H25FN4O4S. The first-order valence-electron chi connectivity index (χ1n) is 10.6. The third-order valence-corrected chi connectivity index (χ3v) is 6.10. The molecule has 0 radical (unpaired) electrons. The maximum absolute atomic E-state index is 13.8. The third-order valence-electron chi connectivity index (χ3n) is 5.30. The molecule has 2 heterocycles. The van der Waals surface area contributed by atoms with E-state index in [9.17, 15) is 9.18 Å². The average Bonchev–Trinajstić information content (AvgIpc) is 3.33. The molecule has 174 valence electrons. The van der Waals surface area contributed by atoms with Gasteiger partial charge in [0.05, 0.1) is 12.9 Å². The van der Waals surface area contributed by atoms with Crippen LogP contribution in [0.2, 0.25) is 0 Å². The summed E-state index contributed by atoms with van der Waals surface area (Å²) in [4.78, 5) is 16.7. The van der Waals surface area contributed by atoms with Crippen LogP contribution < -0.4 is 14.4 Å². The molecule has 1 unspecified atom stereocenters. The van der Waals surface area contributed by atoms with Gasteiger partial charge in [0.2, 0.25) is 5.91 Å². The number of carbonyl (C=O) groups excluding carboxylic acids is 1. The number of benzene rings is 2. The molecule has 1 atom stereocenters. The Labute approximate surface area is 195 Å². The van der Waals surface area contributed by atoms with Gasteiger partial charge in [0, 0.05) is 31.9 Å². The number of thioether (sulfide) groups is 1. The number of rotatable bonds is 8. The minimum Gasteiger partial charge on any atom is -0.497 e.